The number of fused-ring (bicyclic) bond motifs is 2. The normalized spacial score (nSPS) is 18.1. The largest absolute Gasteiger partial charge is 0.309 e. The van der Waals surface area contributed by atoms with Gasteiger partial charge in [-0.05, 0) is 50.1 Å². The lowest BCUT2D eigenvalue weighted by Crippen LogP contribution is -2.34. The van der Waals surface area contributed by atoms with Crippen molar-refractivity contribution in [2.24, 2.45) is 0 Å². The second-order valence-corrected chi connectivity index (χ2v) is 8.55. The van der Waals surface area contributed by atoms with Crippen molar-refractivity contribution in [2.75, 3.05) is 6.54 Å². The Morgan fingerprint density at radius 3 is 2.93 bits per heavy atom. The zero-order chi connectivity index (χ0) is 19.1. The number of thiazole rings is 1. The summed E-state index contributed by atoms with van der Waals surface area (Å²) in [5, 5.41) is 1.82. The van der Waals surface area contributed by atoms with Crippen LogP contribution in [0.1, 0.15) is 41.7 Å². The van der Waals surface area contributed by atoms with Gasteiger partial charge in [-0.2, -0.15) is 0 Å². The number of benzene rings is 2. The maximum Gasteiger partial charge on any atom is 0.258 e. The number of hydrogen-bond donors (Lipinski definition) is 1. The lowest BCUT2D eigenvalue weighted by atomic mass is 10.0. The molecule has 5 nitrogen and oxygen atoms in total. The van der Waals surface area contributed by atoms with Crippen LogP contribution >= 0.6 is 11.3 Å². The molecule has 0 radical (unpaired) electrons. The number of hydrogen-bond acceptors (Lipinski definition) is 5. The average Bonchev–Trinajstić information content (AvgIpc) is 3.13. The number of nitrogens with one attached hydrogen (secondary N) is 1. The number of aromatic amines is 1. The van der Waals surface area contributed by atoms with Crippen molar-refractivity contribution in [3.05, 3.63) is 69.2 Å². The molecule has 1 aliphatic heterocycles. The molecule has 1 aliphatic rings. The summed E-state index contributed by atoms with van der Waals surface area (Å²) in [4.78, 5) is 27.6. The lowest BCUT2D eigenvalue weighted by Gasteiger charge is -2.34. The van der Waals surface area contributed by atoms with E-state index in [-0.39, 0.29) is 11.6 Å². The molecule has 28 heavy (non-hydrogen) atoms. The number of para-hydroxylation sites is 2. The van der Waals surface area contributed by atoms with Crippen molar-refractivity contribution in [1.82, 2.24) is 19.9 Å². The van der Waals surface area contributed by atoms with Crippen LogP contribution < -0.4 is 5.56 Å². The summed E-state index contributed by atoms with van der Waals surface area (Å²) >= 11 is 1.78. The van der Waals surface area contributed by atoms with Crippen LogP contribution in [-0.4, -0.2) is 26.4 Å². The molecule has 3 heterocycles. The van der Waals surface area contributed by atoms with Crippen LogP contribution in [0.2, 0.25) is 0 Å². The number of nitrogens with zero attached hydrogens (tertiary/aromatic N) is 3. The van der Waals surface area contributed by atoms with E-state index < -0.39 is 0 Å². The van der Waals surface area contributed by atoms with Gasteiger partial charge in [0.15, 0.2) is 0 Å². The van der Waals surface area contributed by atoms with E-state index in [0.717, 1.165) is 41.8 Å². The smallest absolute Gasteiger partial charge is 0.258 e. The number of piperidine rings is 1. The van der Waals surface area contributed by atoms with E-state index in [9.17, 15) is 4.79 Å². The maximum absolute atomic E-state index is 12.5. The first-order chi connectivity index (χ1) is 13.7. The minimum absolute atomic E-state index is 0.0581. The van der Waals surface area contributed by atoms with Crippen LogP contribution in [0.5, 0.6) is 0 Å². The standard InChI is InChI=1S/C22H22N4OS/c1-14-7-6-8-15-20(14)24-19(25-21(15)27)13-26-12-5-4-10-17(26)22-23-16-9-2-3-11-18(16)28-22/h2-3,6-9,11,17H,4-5,10,12-13H2,1H3,(H,24,25,27)/t17-/m1/s1. The van der Waals surface area contributed by atoms with Crippen LogP contribution in [0.25, 0.3) is 21.1 Å². The van der Waals surface area contributed by atoms with Crippen molar-refractivity contribution >= 4 is 32.5 Å². The van der Waals surface area contributed by atoms with Gasteiger partial charge in [-0.1, -0.05) is 30.7 Å². The highest BCUT2D eigenvalue weighted by atomic mass is 32.1. The fourth-order valence-electron chi connectivity index (χ4n) is 4.11. The van der Waals surface area contributed by atoms with Crippen LogP contribution in [0.15, 0.2) is 47.3 Å². The summed E-state index contributed by atoms with van der Waals surface area (Å²) in [5.74, 6) is 0.736. The van der Waals surface area contributed by atoms with E-state index in [2.05, 4.69) is 28.1 Å². The van der Waals surface area contributed by atoms with E-state index in [1.54, 1.807) is 11.3 Å². The van der Waals surface area contributed by atoms with E-state index in [0.29, 0.717) is 11.9 Å². The van der Waals surface area contributed by atoms with E-state index in [1.807, 2.05) is 31.2 Å². The first-order valence-electron chi connectivity index (χ1n) is 9.77. The summed E-state index contributed by atoms with van der Waals surface area (Å²) in [6, 6.07) is 14.3. The highest BCUT2D eigenvalue weighted by Crippen LogP contribution is 2.36. The van der Waals surface area contributed by atoms with Crippen LogP contribution in [-0.2, 0) is 6.54 Å². The molecular formula is C22H22N4OS. The number of likely N-dealkylation sites (tertiary alicyclic amines) is 1. The van der Waals surface area contributed by atoms with Gasteiger partial charge in [0, 0.05) is 0 Å². The SMILES string of the molecule is Cc1cccc2c(=O)[nH]c(CN3CCCC[C@@H]3c3nc4ccccc4s3)nc12. The molecule has 1 atom stereocenters. The van der Waals surface area contributed by atoms with E-state index >= 15 is 0 Å². The average molecular weight is 391 g/mol. The fourth-order valence-corrected chi connectivity index (χ4v) is 5.25. The molecule has 4 aromatic rings. The Balaban J connectivity index is 1.50. The Hall–Kier alpha value is -2.57. The molecule has 0 aliphatic carbocycles. The molecule has 0 unspecified atom stereocenters. The molecule has 0 spiro atoms. The van der Waals surface area contributed by atoms with Gasteiger partial charge in [0.25, 0.3) is 5.56 Å². The van der Waals surface area contributed by atoms with Crippen LogP contribution in [0, 0.1) is 6.92 Å². The van der Waals surface area contributed by atoms with Gasteiger partial charge in [-0.25, -0.2) is 9.97 Å². The Labute approximate surface area is 167 Å². The number of aromatic nitrogens is 3. The van der Waals surface area contributed by atoms with Crippen LogP contribution in [0.4, 0.5) is 0 Å². The first kappa shape index (κ1) is 17.5. The molecule has 1 N–H and O–H groups in total. The summed E-state index contributed by atoms with van der Waals surface area (Å²) < 4.78 is 1.23. The van der Waals surface area contributed by atoms with Crippen molar-refractivity contribution in [3.8, 4) is 0 Å². The topological polar surface area (TPSA) is 61.9 Å². The molecule has 2 aromatic carbocycles. The van der Waals surface area contributed by atoms with Gasteiger partial charge < -0.3 is 4.98 Å². The zero-order valence-electron chi connectivity index (χ0n) is 15.8. The van der Waals surface area contributed by atoms with Crippen molar-refractivity contribution in [2.45, 2.75) is 38.8 Å². The molecule has 0 saturated carbocycles. The van der Waals surface area contributed by atoms with Crippen molar-refractivity contribution < 1.29 is 0 Å². The van der Waals surface area contributed by atoms with Crippen molar-refractivity contribution in [1.29, 1.82) is 0 Å². The Morgan fingerprint density at radius 1 is 1.14 bits per heavy atom. The molecule has 2 aromatic heterocycles. The third kappa shape index (κ3) is 3.12. The molecule has 142 valence electrons. The predicted octanol–water partition coefficient (Wildman–Crippen LogP) is 4.57. The molecule has 0 bridgehead atoms. The van der Waals surface area contributed by atoms with Gasteiger partial charge in [-0.3, -0.25) is 9.69 Å². The highest BCUT2D eigenvalue weighted by Gasteiger charge is 2.27. The first-order valence-corrected chi connectivity index (χ1v) is 10.6. The number of aryl methyl sites for hydroxylation is 1. The van der Waals surface area contributed by atoms with Crippen molar-refractivity contribution in [3.63, 3.8) is 0 Å². The minimum atomic E-state index is -0.0581. The highest BCUT2D eigenvalue weighted by molar-refractivity contribution is 7.18. The van der Waals surface area contributed by atoms with Crippen LogP contribution in [0.3, 0.4) is 0 Å². The molecule has 5 rings (SSSR count). The molecule has 1 saturated heterocycles. The summed E-state index contributed by atoms with van der Waals surface area (Å²) in [5.41, 5.74) is 2.85. The lowest BCUT2D eigenvalue weighted by molar-refractivity contribution is 0.137. The zero-order valence-corrected chi connectivity index (χ0v) is 16.6. The summed E-state index contributed by atoms with van der Waals surface area (Å²) in [6.45, 7) is 3.64. The summed E-state index contributed by atoms with van der Waals surface area (Å²) in [7, 11) is 0. The van der Waals surface area contributed by atoms with Gasteiger partial charge in [-0.15, -0.1) is 11.3 Å². The Kier molecular flexibility index (Phi) is 4.45. The van der Waals surface area contributed by atoms with Gasteiger partial charge in [0.1, 0.15) is 10.8 Å². The third-order valence-corrected chi connectivity index (χ3v) is 6.69. The van der Waals surface area contributed by atoms with E-state index in [4.69, 9.17) is 9.97 Å². The van der Waals surface area contributed by atoms with Gasteiger partial charge in [0.05, 0.1) is 33.7 Å². The van der Waals surface area contributed by atoms with E-state index in [1.165, 1.54) is 16.1 Å². The molecule has 1 fully saturated rings. The number of rotatable bonds is 3. The Bertz CT molecular complexity index is 1180. The third-order valence-electron chi connectivity index (χ3n) is 5.55. The predicted molar refractivity (Wildman–Crippen MR) is 114 cm³/mol. The second kappa shape index (κ2) is 7.11. The maximum atomic E-state index is 12.5. The second-order valence-electron chi connectivity index (χ2n) is 7.49. The fraction of sp³-hybridized carbons (Fsp3) is 0.318. The molecule has 6 heteroatoms. The number of H-pyrrole nitrogens is 1. The molecule has 0 amide bonds. The monoisotopic (exact) mass is 390 g/mol. The molecular weight excluding hydrogens is 368 g/mol. The van der Waals surface area contributed by atoms with Gasteiger partial charge in [0.2, 0.25) is 0 Å². The van der Waals surface area contributed by atoms with Gasteiger partial charge >= 0.3 is 0 Å². The quantitative estimate of drug-likeness (QED) is 0.557. The summed E-state index contributed by atoms with van der Waals surface area (Å²) in [6.07, 6.45) is 3.47. The Morgan fingerprint density at radius 2 is 2.04 bits per heavy atom. The minimum Gasteiger partial charge on any atom is -0.309 e.